The van der Waals surface area contributed by atoms with E-state index < -0.39 is 23.8 Å². The van der Waals surface area contributed by atoms with Crippen LogP contribution in [0.4, 0.5) is 8.78 Å². The smallest absolute Gasteiger partial charge is 0.142 e. The van der Waals surface area contributed by atoms with Crippen molar-refractivity contribution in [2.24, 2.45) is 5.73 Å². The minimum absolute atomic E-state index is 0. The van der Waals surface area contributed by atoms with Gasteiger partial charge in [0, 0.05) is 5.56 Å². The second kappa shape index (κ2) is 7.89. The average molecular weight is 300 g/mol. The van der Waals surface area contributed by atoms with Crippen LogP contribution in [0.1, 0.15) is 37.8 Å². The molecule has 0 saturated heterocycles. The van der Waals surface area contributed by atoms with Crippen molar-refractivity contribution in [3.05, 3.63) is 34.4 Å². The summed E-state index contributed by atoms with van der Waals surface area (Å²) in [5.41, 5.74) is 5.55. The Kier molecular flexibility index (Phi) is 7.71. The molecular formula is C12H17Cl2F2NO. The Morgan fingerprint density at radius 2 is 1.89 bits per heavy atom. The first-order chi connectivity index (χ1) is 7.99. The van der Waals surface area contributed by atoms with Crippen LogP contribution in [0.15, 0.2) is 12.1 Å². The molecule has 0 aliphatic carbocycles. The van der Waals surface area contributed by atoms with Gasteiger partial charge in [-0.1, -0.05) is 31.4 Å². The fourth-order valence-corrected chi connectivity index (χ4v) is 1.91. The predicted molar refractivity (Wildman–Crippen MR) is 71.1 cm³/mol. The van der Waals surface area contributed by atoms with Crippen molar-refractivity contribution in [2.45, 2.75) is 38.3 Å². The van der Waals surface area contributed by atoms with E-state index in [0.717, 1.165) is 25.0 Å². The van der Waals surface area contributed by atoms with Crippen molar-refractivity contribution in [1.82, 2.24) is 0 Å². The molecule has 0 aromatic heterocycles. The van der Waals surface area contributed by atoms with E-state index in [9.17, 15) is 13.9 Å². The Labute approximate surface area is 117 Å². The van der Waals surface area contributed by atoms with Gasteiger partial charge in [-0.05, 0) is 18.6 Å². The highest BCUT2D eigenvalue weighted by Crippen LogP contribution is 2.30. The lowest BCUT2D eigenvalue weighted by Gasteiger charge is -2.20. The van der Waals surface area contributed by atoms with Gasteiger partial charge in [0.1, 0.15) is 11.6 Å². The Morgan fingerprint density at radius 3 is 2.44 bits per heavy atom. The molecule has 0 radical (unpaired) electrons. The molecule has 0 fully saturated rings. The van der Waals surface area contributed by atoms with Crippen molar-refractivity contribution >= 4 is 24.0 Å². The summed E-state index contributed by atoms with van der Waals surface area (Å²) in [4.78, 5) is 0. The minimum Gasteiger partial charge on any atom is -0.391 e. The van der Waals surface area contributed by atoms with Gasteiger partial charge in [0.15, 0.2) is 0 Å². The molecule has 0 bridgehead atoms. The Bertz CT molecular complexity index is 391. The quantitative estimate of drug-likeness (QED) is 0.816. The highest BCUT2D eigenvalue weighted by atomic mass is 35.5. The summed E-state index contributed by atoms with van der Waals surface area (Å²) in [5.74, 6) is -1.43. The molecule has 3 N–H and O–H groups in total. The van der Waals surface area contributed by atoms with E-state index >= 15 is 0 Å². The van der Waals surface area contributed by atoms with Gasteiger partial charge in [-0.15, -0.1) is 12.4 Å². The molecule has 1 rings (SSSR count). The van der Waals surface area contributed by atoms with E-state index in [1.807, 2.05) is 6.92 Å². The summed E-state index contributed by atoms with van der Waals surface area (Å²) in [6.07, 6.45) is 1.17. The number of aliphatic hydroxyl groups is 1. The van der Waals surface area contributed by atoms with Crippen molar-refractivity contribution in [2.75, 3.05) is 0 Å². The molecule has 104 valence electrons. The summed E-state index contributed by atoms with van der Waals surface area (Å²) in [6.45, 7) is 1.97. The minimum atomic E-state index is -1.01. The van der Waals surface area contributed by atoms with E-state index in [1.165, 1.54) is 0 Å². The lowest BCUT2D eigenvalue weighted by molar-refractivity contribution is 0.131. The van der Waals surface area contributed by atoms with Gasteiger partial charge in [0.25, 0.3) is 0 Å². The van der Waals surface area contributed by atoms with Crippen molar-refractivity contribution < 1.29 is 13.9 Å². The van der Waals surface area contributed by atoms with Gasteiger partial charge >= 0.3 is 0 Å². The number of unbranched alkanes of at least 4 members (excludes halogenated alkanes) is 1. The molecular weight excluding hydrogens is 283 g/mol. The molecule has 0 saturated carbocycles. The first kappa shape index (κ1) is 17.6. The highest BCUT2D eigenvalue weighted by molar-refractivity contribution is 6.31. The molecule has 1 aromatic carbocycles. The maximum atomic E-state index is 13.5. The first-order valence-electron chi connectivity index (χ1n) is 5.56. The molecule has 1 aromatic rings. The number of benzene rings is 1. The topological polar surface area (TPSA) is 46.2 Å². The molecule has 6 heteroatoms. The molecule has 0 heterocycles. The number of halogens is 4. The van der Waals surface area contributed by atoms with Crippen LogP contribution >= 0.6 is 24.0 Å². The fraction of sp³-hybridized carbons (Fsp3) is 0.500. The van der Waals surface area contributed by atoms with Gasteiger partial charge in [0.2, 0.25) is 0 Å². The van der Waals surface area contributed by atoms with Gasteiger partial charge in [-0.3, -0.25) is 0 Å². The summed E-state index contributed by atoms with van der Waals surface area (Å²) in [6, 6.07) is 0.889. The van der Waals surface area contributed by atoms with Gasteiger partial charge in [-0.25, -0.2) is 8.78 Å². The number of nitrogens with two attached hydrogens (primary N) is 1. The molecule has 0 amide bonds. The molecule has 2 nitrogen and oxygen atoms in total. The summed E-state index contributed by atoms with van der Waals surface area (Å²) < 4.78 is 26.7. The highest BCUT2D eigenvalue weighted by Gasteiger charge is 2.24. The Balaban J connectivity index is 0.00000289. The van der Waals surface area contributed by atoms with Crippen LogP contribution in [0.2, 0.25) is 5.02 Å². The molecule has 18 heavy (non-hydrogen) atoms. The summed E-state index contributed by atoms with van der Waals surface area (Å²) in [7, 11) is 0. The van der Waals surface area contributed by atoms with E-state index in [4.69, 9.17) is 17.3 Å². The van der Waals surface area contributed by atoms with Crippen molar-refractivity contribution in [3.8, 4) is 0 Å². The standard InChI is InChI=1S/C12H16ClF2NO.ClH/c1-2-3-4-9(17)12(16)10-7(14)5-6-8(15)11(10)13;/h5-6,9,12,17H,2-4,16H2,1H3;1H/t9-,12-;/m0./s1. The second-order valence-corrected chi connectivity index (χ2v) is 4.37. The fourth-order valence-electron chi connectivity index (χ4n) is 1.63. The monoisotopic (exact) mass is 299 g/mol. The van der Waals surface area contributed by atoms with Crippen LogP contribution in [0.3, 0.4) is 0 Å². The average Bonchev–Trinajstić information content (AvgIpc) is 2.31. The van der Waals surface area contributed by atoms with E-state index in [0.29, 0.717) is 6.42 Å². The molecule has 2 atom stereocenters. The number of hydrogen-bond donors (Lipinski definition) is 2. The normalized spacial score (nSPS) is 13.9. The lowest BCUT2D eigenvalue weighted by atomic mass is 9.98. The van der Waals surface area contributed by atoms with E-state index in [2.05, 4.69) is 0 Å². The van der Waals surface area contributed by atoms with Crippen LogP contribution in [-0.2, 0) is 0 Å². The zero-order valence-corrected chi connectivity index (χ0v) is 11.6. The molecule has 0 aliphatic rings. The van der Waals surface area contributed by atoms with E-state index in [1.54, 1.807) is 0 Å². The van der Waals surface area contributed by atoms with Crippen LogP contribution in [0.5, 0.6) is 0 Å². The van der Waals surface area contributed by atoms with Gasteiger partial charge in [-0.2, -0.15) is 0 Å². The SMILES string of the molecule is CCCC[C@H](O)[C@H](N)c1c(F)ccc(F)c1Cl.Cl. The van der Waals surface area contributed by atoms with Gasteiger partial charge in [0.05, 0.1) is 17.2 Å². The molecule has 0 spiro atoms. The number of rotatable bonds is 5. The van der Waals surface area contributed by atoms with E-state index in [-0.39, 0.29) is 23.0 Å². The van der Waals surface area contributed by atoms with Crippen LogP contribution < -0.4 is 5.73 Å². The largest absolute Gasteiger partial charge is 0.391 e. The predicted octanol–water partition coefficient (Wildman–Crippen LogP) is 3.59. The third-order valence-electron chi connectivity index (χ3n) is 2.68. The van der Waals surface area contributed by atoms with Crippen LogP contribution in [0, 0.1) is 11.6 Å². The summed E-state index contributed by atoms with van der Waals surface area (Å²) >= 11 is 5.67. The third kappa shape index (κ3) is 4.05. The lowest BCUT2D eigenvalue weighted by Crippen LogP contribution is -2.27. The summed E-state index contributed by atoms with van der Waals surface area (Å²) in [5, 5.41) is 9.42. The maximum Gasteiger partial charge on any atom is 0.142 e. The molecule has 0 aliphatic heterocycles. The number of aliphatic hydroxyl groups excluding tert-OH is 1. The van der Waals surface area contributed by atoms with Gasteiger partial charge < -0.3 is 10.8 Å². The van der Waals surface area contributed by atoms with Crippen molar-refractivity contribution in [3.63, 3.8) is 0 Å². The van der Waals surface area contributed by atoms with Crippen LogP contribution in [0.25, 0.3) is 0 Å². The zero-order valence-electron chi connectivity index (χ0n) is 10.00. The first-order valence-corrected chi connectivity index (χ1v) is 5.93. The number of hydrogen-bond acceptors (Lipinski definition) is 2. The maximum absolute atomic E-state index is 13.5. The molecule has 0 unspecified atom stereocenters. The zero-order chi connectivity index (χ0) is 13.0. The van der Waals surface area contributed by atoms with Crippen LogP contribution in [-0.4, -0.2) is 11.2 Å². The van der Waals surface area contributed by atoms with Crippen molar-refractivity contribution in [1.29, 1.82) is 0 Å². The second-order valence-electron chi connectivity index (χ2n) is 3.99. The third-order valence-corrected chi connectivity index (χ3v) is 3.06. The Hall–Kier alpha value is -0.420. The Morgan fingerprint density at radius 1 is 1.33 bits per heavy atom.